The number of aliphatic imine (C=N–C) groups is 1. The van der Waals surface area contributed by atoms with Gasteiger partial charge >= 0.3 is 0 Å². The summed E-state index contributed by atoms with van der Waals surface area (Å²) in [6, 6.07) is 5.52. The van der Waals surface area contributed by atoms with E-state index in [1.54, 1.807) is 6.07 Å². The van der Waals surface area contributed by atoms with Gasteiger partial charge in [0, 0.05) is 36.3 Å². The highest BCUT2D eigenvalue weighted by atomic mass is 127. The maximum Gasteiger partial charge on any atom is 0.194 e. The highest BCUT2D eigenvalue weighted by molar-refractivity contribution is 14.0. The lowest BCUT2D eigenvalue weighted by molar-refractivity contribution is -0.0817. The Balaban J connectivity index is 0.00000243. The van der Waals surface area contributed by atoms with E-state index in [1.807, 2.05) is 12.1 Å². The number of rotatable bonds is 4. The smallest absolute Gasteiger partial charge is 0.194 e. The van der Waals surface area contributed by atoms with Gasteiger partial charge < -0.3 is 19.7 Å². The minimum Gasteiger partial charge on any atom is -0.375 e. The van der Waals surface area contributed by atoms with Gasteiger partial charge in [0.05, 0.1) is 19.3 Å². The van der Waals surface area contributed by atoms with E-state index in [0.29, 0.717) is 23.2 Å². The predicted molar refractivity (Wildman–Crippen MR) is 117 cm³/mol. The molecule has 2 fully saturated rings. The maximum absolute atomic E-state index is 6.26. The topological polar surface area (TPSA) is 46.1 Å². The van der Waals surface area contributed by atoms with E-state index in [2.05, 4.69) is 17.1 Å². The van der Waals surface area contributed by atoms with Crippen LogP contribution < -0.4 is 5.32 Å². The fraction of sp³-hybridized carbons (Fsp3) is 0.611. The van der Waals surface area contributed by atoms with Gasteiger partial charge in [-0.3, -0.25) is 0 Å². The summed E-state index contributed by atoms with van der Waals surface area (Å²) in [6.45, 7) is 6.55. The number of hydrogen-bond acceptors (Lipinski definition) is 3. The van der Waals surface area contributed by atoms with Crippen LogP contribution in [0.1, 0.15) is 25.3 Å². The molecule has 2 atom stereocenters. The van der Waals surface area contributed by atoms with Crippen LogP contribution in [0, 0.1) is 0 Å². The van der Waals surface area contributed by atoms with Crippen LogP contribution in [0.3, 0.4) is 0 Å². The van der Waals surface area contributed by atoms with E-state index in [0.717, 1.165) is 50.6 Å². The van der Waals surface area contributed by atoms with Gasteiger partial charge in [-0.25, -0.2) is 4.99 Å². The van der Waals surface area contributed by atoms with Gasteiger partial charge in [0.15, 0.2) is 5.96 Å². The van der Waals surface area contributed by atoms with Gasteiger partial charge in [-0.2, -0.15) is 0 Å². The Morgan fingerprint density at radius 1 is 1.27 bits per heavy atom. The van der Waals surface area contributed by atoms with Crippen molar-refractivity contribution in [2.75, 3.05) is 32.8 Å². The van der Waals surface area contributed by atoms with Crippen molar-refractivity contribution in [1.82, 2.24) is 10.2 Å². The molecule has 146 valence electrons. The van der Waals surface area contributed by atoms with Crippen molar-refractivity contribution in [2.24, 2.45) is 4.99 Å². The van der Waals surface area contributed by atoms with Crippen LogP contribution in [-0.4, -0.2) is 55.9 Å². The van der Waals surface area contributed by atoms with Crippen LogP contribution >= 0.6 is 47.2 Å². The molecule has 0 saturated carbocycles. The molecule has 0 bridgehead atoms. The molecule has 2 heterocycles. The van der Waals surface area contributed by atoms with Gasteiger partial charge in [-0.1, -0.05) is 29.3 Å². The highest BCUT2D eigenvalue weighted by Crippen LogP contribution is 2.23. The van der Waals surface area contributed by atoms with Crippen LogP contribution in [0.15, 0.2) is 23.2 Å². The Morgan fingerprint density at radius 3 is 2.77 bits per heavy atom. The average Bonchev–Trinajstić information content (AvgIpc) is 3.15. The molecule has 2 unspecified atom stereocenters. The molecule has 1 N–H and O–H groups in total. The summed E-state index contributed by atoms with van der Waals surface area (Å²) in [5, 5.41) is 4.66. The van der Waals surface area contributed by atoms with E-state index in [4.69, 9.17) is 37.7 Å². The van der Waals surface area contributed by atoms with E-state index in [1.165, 1.54) is 0 Å². The molecule has 2 saturated heterocycles. The van der Waals surface area contributed by atoms with Crippen LogP contribution in [0.5, 0.6) is 0 Å². The standard InChI is InChI=1S/C18H25Cl2N3O2.HI/c1-2-21-18(22-11-13-5-6-14(19)10-15(13)20)23-7-9-25-17(12-23)16-4-3-8-24-16;/h5-6,10,16-17H,2-4,7-9,11-12H2,1H3,(H,21,22);1H. The summed E-state index contributed by atoms with van der Waals surface area (Å²) in [5.41, 5.74) is 0.963. The minimum atomic E-state index is 0. The number of halogens is 3. The Hall–Kier alpha value is -0.280. The first kappa shape index (κ1) is 22.0. The summed E-state index contributed by atoms with van der Waals surface area (Å²) >= 11 is 12.2. The molecule has 3 rings (SSSR count). The summed E-state index contributed by atoms with van der Waals surface area (Å²) in [5.74, 6) is 0.889. The van der Waals surface area contributed by atoms with Crippen molar-refractivity contribution in [3.63, 3.8) is 0 Å². The van der Waals surface area contributed by atoms with Crippen molar-refractivity contribution in [1.29, 1.82) is 0 Å². The number of morpholine rings is 1. The fourth-order valence-electron chi connectivity index (χ4n) is 3.22. The van der Waals surface area contributed by atoms with Crippen molar-refractivity contribution in [2.45, 2.75) is 38.5 Å². The Bertz CT molecular complexity index is 612. The molecule has 0 aromatic heterocycles. The fourth-order valence-corrected chi connectivity index (χ4v) is 3.69. The second-order valence-corrected chi connectivity index (χ2v) is 7.16. The monoisotopic (exact) mass is 513 g/mol. The zero-order valence-electron chi connectivity index (χ0n) is 14.9. The molecule has 1 aromatic rings. The number of ether oxygens (including phenoxy) is 2. The van der Waals surface area contributed by atoms with E-state index in [9.17, 15) is 0 Å². The largest absolute Gasteiger partial charge is 0.375 e. The van der Waals surface area contributed by atoms with Crippen molar-refractivity contribution in [3.8, 4) is 0 Å². The van der Waals surface area contributed by atoms with Crippen LogP contribution in [0.25, 0.3) is 0 Å². The van der Waals surface area contributed by atoms with E-state index < -0.39 is 0 Å². The first-order valence-electron chi connectivity index (χ1n) is 8.87. The Kier molecular flexibility index (Phi) is 9.23. The molecule has 5 nitrogen and oxygen atoms in total. The highest BCUT2D eigenvalue weighted by Gasteiger charge is 2.32. The lowest BCUT2D eigenvalue weighted by Crippen LogP contribution is -2.53. The van der Waals surface area contributed by atoms with Gasteiger partial charge in [-0.05, 0) is 37.5 Å². The Labute approximate surface area is 182 Å². The lowest BCUT2D eigenvalue weighted by Gasteiger charge is -2.37. The van der Waals surface area contributed by atoms with Gasteiger partial charge in [-0.15, -0.1) is 24.0 Å². The lowest BCUT2D eigenvalue weighted by atomic mass is 10.1. The molecule has 2 aliphatic heterocycles. The van der Waals surface area contributed by atoms with Gasteiger partial charge in [0.2, 0.25) is 0 Å². The van der Waals surface area contributed by atoms with E-state index in [-0.39, 0.29) is 36.2 Å². The molecule has 2 aliphatic rings. The Morgan fingerprint density at radius 2 is 2.08 bits per heavy atom. The summed E-state index contributed by atoms with van der Waals surface area (Å²) in [4.78, 5) is 7.02. The zero-order chi connectivity index (χ0) is 17.6. The second-order valence-electron chi connectivity index (χ2n) is 6.31. The summed E-state index contributed by atoms with van der Waals surface area (Å²) in [7, 11) is 0. The molecule has 0 amide bonds. The third kappa shape index (κ3) is 5.86. The number of benzene rings is 1. The zero-order valence-corrected chi connectivity index (χ0v) is 18.8. The molecule has 0 radical (unpaired) electrons. The number of guanidine groups is 1. The number of nitrogens with zero attached hydrogens (tertiary/aromatic N) is 2. The predicted octanol–water partition coefficient (Wildman–Crippen LogP) is 3.96. The van der Waals surface area contributed by atoms with Crippen LogP contribution in [0.2, 0.25) is 10.0 Å². The first-order valence-corrected chi connectivity index (χ1v) is 9.63. The average molecular weight is 514 g/mol. The van der Waals surface area contributed by atoms with Crippen molar-refractivity contribution < 1.29 is 9.47 Å². The maximum atomic E-state index is 6.26. The first-order chi connectivity index (χ1) is 12.2. The normalized spacial score (nSPS) is 23.7. The number of hydrogen-bond donors (Lipinski definition) is 1. The van der Waals surface area contributed by atoms with Crippen molar-refractivity contribution >= 4 is 53.1 Å². The van der Waals surface area contributed by atoms with Crippen LogP contribution in [0.4, 0.5) is 0 Å². The molecule has 8 heteroatoms. The SMILES string of the molecule is CCNC(=NCc1ccc(Cl)cc1Cl)N1CCOC(C2CCCO2)C1.I. The molecule has 0 aliphatic carbocycles. The minimum absolute atomic E-state index is 0. The third-order valence-electron chi connectivity index (χ3n) is 4.52. The quantitative estimate of drug-likeness (QED) is 0.376. The summed E-state index contributed by atoms with van der Waals surface area (Å²) in [6.07, 6.45) is 2.51. The van der Waals surface area contributed by atoms with E-state index >= 15 is 0 Å². The molecule has 26 heavy (non-hydrogen) atoms. The number of nitrogens with one attached hydrogen (secondary N) is 1. The van der Waals surface area contributed by atoms with Crippen LogP contribution in [-0.2, 0) is 16.0 Å². The van der Waals surface area contributed by atoms with Gasteiger partial charge in [0.25, 0.3) is 0 Å². The summed E-state index contributed by atoms with van der Waals surface area (Å²) < 4.78 is 11.7. The third-order valence-corrected chi connectivity index (χ3v) is 5.11. The second kappa shape index (κ2) is 10.9. The molecular weight excluding hydrogens is 488 g/mol. The van der Waals surface area contributed by atoms with Crippen molar-refractivity contribution in [3.05, 3.63) is 33.8 Å². The molecular formula is C18H26Cl2IN3O2. The molecule has 0 spiro atoms. The molecule has 1 aromatic carbocycles. The van der Waals surface area contributed by atoms with Gasteiger partial charge in [0.1, 0.15) is 6.10 Å².